The van der Waals surface area contributed by atoms with Gasteiger partial charge < -0.3 is 5.11 Å². The Morgan fingerprint density at radius 3 is 2.62 bits per heavy atom. The monoisotopic (exact) mass is 218 g/mol. The van der Waals surface area contributed by atoms with Crippen LogP contribution in [-0.2, 0) is 5.41 Å². The number of aliphatic hydroxyl groups is 1. The molecular weight excluding hydrogens is 200 g/mol. The number of aromatic nitrogens is 2. The van der Waals surface area contributed by atoms with Crippen LogP contribution in [0.2, 0.25) is 0 Å². The van der Waals surface area contributed by atoms with Gasteiger partial charge in [0.1, 0.15) is 5.82 Å². The van der Waals surface area contributed by atoms with Gasteiger partial charge in [-0.2, -0.15) is 0 Å². The van der Waals surface area contributed by atoms with Crippen LogP contribution in [0.1, 0.15) is 55.2 Å². The Labute approximate surface area is 95.9 Å². The third-order valence-corrected chi connectivity index (χ3v) is 4.03. The van der Waals surface area contributed by atoms with Gasteiger partial charge in [-0.15, -0.1) is 0 Å². The average Bonchev–Trinajstić information content (AvgIpc) is 2.94. The van der Waals surface area contributed by atoms with Crippen molar-refractivity contribution in [2.75, 3.05) is 6.61 Å². The van der Waals surface area contributed by atoms with Crippen LogP contribution in [0.4, 0.5) is 0 Å². The number of rotatable bonds is 3. The van der Waals surface area contributed by atoms with Gasteiger partial charge in [0.15, 0.2) is 0 Å². The molecular formula is C13H18N2O. The van der Waals surface area contributed by atoms with Gasteiger partial charge in [0, 0.05) is 17.3 Å². The molecule has 3 rings (SSSR count). The molecule has 1 heterocycles. The molecule has 0 spiro atoms. The molecule has 3 heteroatoms. The minimum absolute atomic E-state index is 0.0927. The fourth-order valence-corrected chi connectivity index (χ4v) is 2.35. The Bertz CT molecular complexity index is 408. The van der Waals surface area contributed by atoms with E-state index in [-0.39, 0.29) is 12.0 Å². The second kappa shape index (κ2) is 3.52. The molecule has 3 nitrogen and oxygen atoms in total. The molecule has 2 aliphatic rings. The molecule has 0 unspecified atom stereocenters. The zero-order valence-electron chi connectivity index (χ0n) is 9.74. The van der Waals surface area contributed by atoms with Crippen LogP contribution >= 0.6 is 0 Å². The molecule has 0 aliphatic heterocycles. The van der Waals surface area contributed by atoms with Crippen LogP contribution < -0.4 is 0 Å². The van der Waals surface area contributed by atoms with Crippen LogP contribution in [0.3, 0.4) is 0 Å². The zero-order chi connectivity index (χ0) is 11.2. The van der Waals surface area contributed by atoms with Crippen LogP contribution in [-0.4, -0.2) is 21.7 Å². The minimum atomic E-state index is -0.0927. The summed E-state index contributed by atoms with van der Waals surface area (Å²) in [4.78, 5) is 9.20. The molecule has 1 aromatic heterocycles. The van der Waals surface area contributed by atoms with Crippen LogP contribution in [0, 0.1) is 6.92 Å². The Hall–Kier alpha value is -0.960. The second-order valence-electron chi connectivity index (χ2n) is 5.32. The van der Waals surface area contributed by atoms with Gasteiger partial charge in [-0.3, -0.25) is 0 Å². The van der Waals surface area contributed by atoms with E-state index in [1.807, 2.05) is 6.92 Å². The van der Waals surface area contributed by atoms with E-state index < -0.39 is 0 Å². The summed E-state index contributed by atoms with van der Waals surface area (Å²) in [5.74, 6) is 1.53. The smallest absolute Gasteiger partial charge is 0.137 e. The molecule has 0 radical (unpaired) electrons. The van der Waals surface area contributed by atoms with Crippen molar-refractivity contribution >= 4 is 0 Å². The lowest BCUT2D eigenvalue weighted by Crippen LogP contribution is -2.20. The Morgan fingerprint density at radius 1 is 1.38 bits per heavy atom. The van der Waals surface area contributed by atoms with Crippen molar-refractivity contribution in [1.29, 1.82) is 0 Å². The molecule has 0 aromatic carbocycles. The van der Waals surface area contributed by atoms with Crippen molar-refractivity contribution in [3.63, 3.8) is 0 Å². The van der Waals surface area contributed by atoms with E-state index in [9.17, 15) is 5.11 Å². The summed E-state index contributed by atoms with van der Waals surface area (Å²) in [6, 6.07) is 2.11. The van der Waals surface area contributed by atoms with Crippen molar-refractivity contribution < 1.29 is 5.11 Å². The van der Waals surface area contributed by atoms with Gasteiger partial charge in [-0.05, 0) is 38.7 Å². The summed E-state index contributed by atoms with van der Waals surface area (Å²) < 4.78 is 0. The van der Waals surface area contributed by atoms with Gasteiger partial charge >= 0.3 is 0 Å². The van der Waals surface area contributed by atoms with Crippen molar-refractivity contribution in [2.45, 2.75) is 50.4 Å². The van der Waals surface area contributed by atoms with Gasteiger partial charge in [-0.1, -0.05) is 6.42 Å². The standard InChI is InChI=1S/C13H18N2O/c1-9-7-11(10-3-2-4-10)15-12(14-9)13(8-16)5-6-13/h7,10,16H,2-6,8H2,1H3. The van der Waals surface area contributed by atoms with E-state index in [4.69, 9.17) is 0 Å². The van der Waals surface area contributed by atoms with Gasteiger partial charge in [-0.25, -0.2) is 9.97 Å². The first-order valence-electron chi connectivity index (χ1n) is 6.20. The van der Waals surface area contributed by atoms with E-state index in [2.05, 4.69) is 16.0 Å². The van der Waals surface area contributed by atoms with Crippen LogP contribution in [0.25, 0.3) is 0 Å². The fourth-order valence-electron chi connectivity index (χ4n) is 2.35. The van der Waals surface area contributed by atoms with Gasteiger partial charge in [0.2, 0.25) is 0 Å². The van der Waals surface area contributed by atoms with E-state index in [1.165, 1.54) is 25.0 Å². The molecule has 86 valence electrons. The highest BCUT2D eigenvalue weighted by Crippen LogP contribution is 2.46. The van der Waals surface area contributed by atoms with Crippen molar-refractivity contribution in [1.82, 2.24) is 9.97 Å². The topological polar surface area (TPSA) is 46.0 Å². The lowest BCUT2D eigenvalue weighted by molar-refractivity contribution is 0.249. The van der Waals surface area contributed by atoms with Gasteiger partial charge in [0.25, 0.3) is 0 Å². The Kier molecular flexibility index (Phi) is 2.25. The predicted molar refractivity (Wildman–Crippen MR) is 61.4 cm³/mol. The Balaban J connectivity index is 1.96. The molecule has 1 aromatic rings. The third kappa shape index (κ3) is 1.54. The maximum atomic E-state index is 9.42. The number of hydrogen-bond acceptors (Lipinski definition) is 3. The summed E-state index contributed by atoms with van der Waals surface area (Å²) in [5.41, 5.74) is 2.16. The summed E-state index contributed by atoms with van der Waals surface area (Å²) in [6.45, 7) is 2.22. The molecule has 0 atom stereocenters. The van der Waals surface area contributed by atoms with Crippen molar-refractivity contribution in [3.8, 4) is 0 Å². The number of aryl methyl sites for hydroxylation is 1. The first-order valence-corrected chi connectivity index (χ1v) is 6.20. The maximum Gasteiger partial charge on any atom is 0.137 e. The summed E-state index contributed by atoms with van der Waals surface area (Å²) in [7, 11) is 0. The Morgan fingerprint density at radius 2 is 2.12 bits per heavy atom. The van der Waals surface area contributed by atoms with Crippen molar-refractivity contribution in [2.24, 2.45) is 0 Å². The average molecular weight is 218 g/mol. The van der Waals surface area contributed by atoms with Crippen molar-refractivity contribution in [3.05, 3.63) is 23.3 Å². The summed E-state index contributed by atoms with van der Waals surface area (Å²) in [5, 5.41) is 9.42. The highest BCUT2D eigenvalue weighted by Gasteiger charge is 2.47. The number of nitrogens with zero attached hydrogens (tertiary/aromatic N) is 2. The number of hydrogen-bond donors (Lipinski definition) is 1. The molecule has 2 saturated carbocycles. The minimum Gasteiger partial charge on any atom is -0.395 e. The van der Waals surface area contributed by atoms with E-state index in [0.29, 0.717) is 5.92 Å². The molecule has 2 aliphatic carbocycles. The first-order chi connectivity index (χ1) is 7.73. The number of aliphatic hydroxyl groups excluding tert-OH is 1. The summed E-state index contributed by atoms with van der Waals surface area (Å²) >= 11 is 0. The van der Waals surface area contributed by atoms with E-state index in [1.54, 1.807) is 0 Å². The quantitative estimate of drug-likeness (QED) is 0.844. The zero-order valence-corrected chi connectivity index (χ0v) is 9.74. The normalized spacial score (nSPS) is 22.9. The lowest BCUT2D eigenvalue weighted by atomic mass is 9.82. The van der Waals surface area contributed by atoms with Crippen LogP contribution in [0.15, 0.2) is 6.07 Å². The molecule has 2 fully saturated rings. The molecule has 0 saturated heterocycles. The van der Waals surface area contributed by atoms with Crippen LogP contribution in [0.5, 0.6) is 0 Å². The molecule has 0 bridgehead atoms. The molecule has 0 amide bonds. The fraction of sp³-hybridized carbons (Fsp3) is 0.692. The largest absolute Gasteiger partial charge is 0.395 e. The second-order valence-corrected chi connectivity index (χ2v) is 5.32. The third-order valence-electron chi connectivity index (χ3n) is 4.03. The van der Waals surface area contributed by atoms with E-state index in [0.717, 1.165) is 24.4 Å². The molecule has 1 N–H and O–H groups in total. The molecule has 16 heavy (non-hydrogen) atoms. The first kappa shape index (κ1) is 10.2. The maximum absolute atomic E-state index is 9.42. The predicted octanol–water partition coefficient (Wildman–Crippen LogP) is 2.08. The highest BCUT2D eigenvalue weighted by atomic mass is 16.3. The summed E-state index contributed by atoms with van der Waals surface area (Å²) in [6.07, 6.45) is 5.94. The lowest BCUT2D eigenvalue weighted by Gasteiger charge is -2.26. The highest BCUT2D eigenvalue weighted by molar-refractivity contribution is 5.24. The SMILES string of the molecule is Cc1cc(C2CCC2)nc(C2(CO)CC2)n1. The van der Waals surface area contributed by atoms with E-state index >= 15 is 0 Å². The van der Waals surface area contributed by atoms with Gasteiger partial charge in [0.05, 0.1) is 12.0 Å².